The van der Waals surface area contributed by atoms with Gasteiger partial charge >= 0.3 is 0 Å². The first-order valence-corrected chi connectivity index (χ1v) is 3.05. The van der Waals surface area contributed by atoms with Crippen molar-refractivity contribution in [3.63, 3.8) is 0 Å². The Morgan fingerprint density at radius 3 is 2.67 bits per heavy atom. The SMILES string of the molecule is CC1(C)CCONC1=O. The third-order valence-electron chi connectivity index (χ3n) is 1.61. The van der Waals surface area contributed by atoms with E-state index < -0.39 is 0 Å². The van der Waals surface area contributed by atoms with E-state index in [9.17, 15) is 4.79 Å². The van der Waals surface area contributed by atoms with Gasteiger partial charge in [0.2, 0.25) is 5.91 Å². The van der Waals surface area contributed by atoms with E-state index in [1.165, 1.54) is 0 Å². The largest absolute Gasteiger partial charge is 0.274 e. The number of hydrogen-bond acceptors (Lipinski definition) is 2. The second-order valence-electron chi connectivity index (χ2n) is 2.91. The van der Waals surface area contributed by atoms with Gasteiger partial charge in [0.05, 0.1) is 6.61 Å². The summed E-state index contributed by atoms with van der Waals surface area (Å²) >= 11 is 0. The monoisotopic (exact) mass is 129 g/mol. The summed E-state index contributed by atoms with van der Waals surface area (Å²) < 4.78 is 0. The van der Waals surface area contributed by atoms with Gasteiger partial charge in [0.25, 0.3) is 0 Å². The van der Waals surface area contributed by atoms with Crippen LogP contribution < -0.4 is 5.48 Å². The Balaban J connectivity index is 2.60. The highest BCUT2D eigenvalue weighted by Crippen LogP contribution is 2.22. The van der Waals surface area contributed by atoms with Crippen molar-refractivity contribution >= 4 is 5.91 Å². The summed E-state index contributed by atoms with van der Waals surface area (Å²) in [6.45, 7) is 4.44. The van der Waals surface area contributed by atoms with Crippen LogP contribution in [0.25, 0.3) is 0 Å². The summed E-state index contributed by atoms with van der Waals surface area (Å²) in [5, 5.41) is 0. The maximum Gasteiger partial charge on any atom is 0.249 e. The highest BCUT2D eigenvalue weighted by molar-refractivity contribution is 5.81. The van der Waals surface area contributed by atoms with Crippen LogP contribution in [0.3, 0.4) is 0 Å². The second kappa shape index (κ2) is 1.99. The molecule has 0 radical (unpaired) electrons. The van der Waals surface area contributed by atoms with Crippen molar-refractivity contribution in [3.8, 4) is 0 Å². The van der Waals surface area contributed by atoms with Crippen LogP contribution in [0, 0.1) is 5.41 Å². The van der Waals surface area contributed by atoms with Gasteiger partial charge in [-0.15, -0.1) is 0 Å². The highest BCUT2D eigenvalue weighted by Gasteiger charge is 2.30. The van der Waals surface area contributed by atoms with E-state index in [2.05, 4.69) is 5.48 Å². The molecule has 3 heteroatoms. The number of rotatable bonds is 0. The molecule has 0 spiro atoms. The summed E-state index contributed by atoms with van der Waals surface area (Å²) in [6.07, 6.45) is 0.804. The molecule has 9 heavy (non-hydrogen) atoms. The van der Waals surface area contributed by atoms with Gasteiger partial charge < -0.3 is 0 Å². The molecule has 0 aromatic rings. The van der Waals surface area contributed by atoms with E-state index in [1.807, 2.05) is 13.8 Å². The smallest absolute Gasteiger partial charge is 0.249 e. The van der Waals surface area contributed by atoms with Gasteiger partial charge in [-0.1, -0.05) is 13.8 Å². The Morgan fingerprint density at radius 2 is 2.33 bits per heavy atom. The molecule has 0 bridgehead atoms. The Kier molecular flexibility index (Phi) is 1.45. The average molecular weight is 129 g/mol. The van der Waals surface area contributed by atoms with Gasteiger partial charge in [0.1, 0.15) is 0 Å². The average Bonchev–Trinajstić information content (AvgIpc) is 1.77. The fraction of sp³-hybridized carbons (Fsp3) is 0.833. The van der Waals surface area contributed by atoms with Gasteiger partial charge in [0.15, 0.2) is 0 Å². The Hall–Kier alpha value is -0.570. The second-order valence-corrected chi connectivity index (χ2v) is 2.91. The number of hydroxylamine groups is 1. The zero-order valence-corrected chi connectivity index (χ0v) is 5.73. The lowest BCUT2D eigenvalue weighted by Gasteiger charge is -2.27. The van der Waals surface area contributed by atoms with Gasteiger partial charge in [-0.05, 0) is 6.42 Å². The Morgan fingerprint density at radius 1 is 1.67 bits per heavy atom. The van der Waals surface area contributed by atoms with Crippen LogP contribution in [0.5, 0.6) is 0 Å². The van der Waals surface area contributed by atoms with E-state index in [0.717, 1.165) is 6.42 Å². The Labute approximate surface area is 54.3 Å². The van der Waals surface area contributed by atoms with Crippen molar-refractivity contribution in [1.29, 1.82) is 0 Å². The van der Waals surface area contributed by atoms with E-state index >= 15 is 0 Å². The zero-order chi connectivity index (χ0) is 6.91. The fourth-order valence-corrected chi connectivity index (χ4v) is 0.674. The molecule has 1 fully saturated rings. The molecule has 1 aliphatic heterocycles. The van der Waals surface area contributed by atoms with Crippen LogP contribution in [0.15, 0.2) is 0 Å². The lowest BCUT2D eigenvalue weighted by molar-refractivity contribution is -0.152. The number of amides is 1. The van der Waals surface area contributed by atoms with Crippen LogP contribution >= 0.6 is 0 Å². The first kappa shape index (κ1) is 6.55. The van der Waals surface area contributed by atoms with Gasteiger partial charge in [0, 0.05) is 5.41 Å². The number of carbonyl (C=O) groups excluding carboxylic acids is 1. The first-order valence-electron chi connectivity index (χ1n) is 3.05. The number of hydrogen-bond donors (Lipinski definition) is 1. The molecule has 52 valence electrons. The predicted molar refractivity (Wildman–Crippen MR) is 32.5 cm³/mol. The minimum atomic E-state index is -0.238. The van der Waals surface area contributed by atoms with Crippen molar-refractivity contribution in [1.82, 2.24) is 5.48 Å². The lowest BCUT2D eigenvalue weighted by Crippen LogP contribution is -2.42. The topological polar surface area (TPSA) is 38.3 Å². The molecule has 0 saturated carbocycles. The van der Waals surface area contributed by atoms with E-state index in [0.29, 0.717) is 6.61 Å². The quantitative estimate of drug-likeness (QED) is 0.516. The lowest BCUT2D eigenvalue weighted by atomic mass is 9.88. The molecule has 1 N–H and O–H groups in total. The summed E-state index contributed by atoms with van der Waals surface area (Å²) in [6, 6.07) is 0. The molecule has 0 aliphatic carbocycles. The standard InChI is InChI=1S/C6H11NO2/c1-6(2)3-4-9-7-5(6)8/h3-4H2,1-2H3,(H,7,8). The van der Waals surface area contributed by atoms with Crippen molar-refractivity contribution in [2.45, 2.75) is 20.3 Å². The molecule has 1 saturated heterocycles. The normalized spacial score (nSPS) is 25.3. The van der Waals surface area contributed by atoms with Crippen LogP contribution in [0.4, 0.5) is 0 Å². The Bertz CT molecular complexity index is 131. The highest BCUT2D eigenvalue weighted by atomic mass is 16.7. The summed E-state index contributed by atoms with van der Waals surface area (Å²) in [5.41, 5.74) is 2.10. The van der Waals surface area contributed by atoms with Crippen LogP contribution in [-0.4, -0.2) is 12.5 Å². The summed E-state index contributed by atoms with van der Waals surface area (Å²) in [5.74, 6) is -0.0197. The first-order chi connectivity index (χ1) is 4.13. The number of nitrogens with one attached hydrogen (secondary N) is 1. The van der Waals surface area contributed by atoms with Crippen molar-refractivity contribution in [2.75, 3.05) is 6.61 Å². The van der Waals surface area contributed by atoms with Crippen LogP contribution in [0.1, 0.15) is 20.3 Å². The van der Waals surface area contributed by atoms with Gasteiger partial charge in [-0.2, -0.15) is 0 Å². The maximum atomic E-state index is 10.9. The molecule has 0 aromatic heterocycles. The number of carbonyl (C=O) groups is 1. The molecule has 1 heterocycles. The molecule has 1 rings (SSSR count). The molecule has 1 aliphatic rings. The van der Waals surface area contributed by atoms with Gasteiger partial charge in [-0.25, -0.2) is 5.48 Å². The molecule has 1 amide bonds. The van der Waals surface area contributed by atoms with Crippen molar-refractivity contribution in [3.05, 3.63) is 0 Å². The fourth-order valence-electron chi connectivity index (χ4n) is 0.674. The third-order valence-corrected chi connectivity index (χ3v) is 1.61. The molecule has 3 nitrogen and oxygen atoms in total. The van der Waals surface area contributed by atoms with E-state index in [1.54, 1.807) is 0 Å². The minimum absolute atomic E-state index is 0.0197. The molecular weight excluding hydrogens is 118 g/mol. The van der Waals surface area contributed by atoms with Crippen LogP contribution in [-0.2, 0) is 9.63 Å². The molecule has 0 aromatic carbocycles. The summed E-state index contributed by atoms with van der Waals surface area (Å²) in [7, 11) is 0. The van der Waals surface area contributed by atoms with Crippen molar-refractivity contribution < 1.29 is 9.63 Å². The van der Waals surface area contributed by atoms with Gasteiger partial charge in [-0.3, -0.25) is 9.63 Å². The van der Waals surface area contributed by atoms with E-state index in [-0.39, 0.29) is 11.3 Å². The minimum Gasteiger partial charge on any atom is -0.274 e. The molecular formula is C6H11NO2. The van der Waals surface area contributed by atoms with Crippen molar-refractivity contribution in [2.24, 2.45) is 5.41 Å². The molecule has 0 unspecified atom stereocenters. The predicted octanol–water partition coefficient (Wildman–Crippen LogP) is 0.464. The van der Waals surface area contributed by atoms with Crippen LogP contribution in [0.2, 0.25) is 0 Å². The third kappa shape index (κ3) is 1.21. The molecule has 0 atom stereocenters. The zero-order valence-electron chi connectivity index (χ0n) is 5.73. The maximum absolute atomic E-state index is 10.9. The van der Waals surface area contributed by atoms with E-state index in [4.69, 9.17) is 4.84 Å². The summed E-state index contributed by atoms with van der Waals surface area (Å²) in [4.78, 5) is 15.6.